The van der Waals surface area contributed by atoms with Crippen molar-refractivity contribution in [3.8, 4) is 0 Å². The Bertz CT molecular complexity index is 1320. The van der Waals surface area contributed by atoms with E-state index in [0.717, 1.165) is 27.7 Å². The van der Waals surface area contributed by atoms with E-state index in [0.29, 0.717) is 17.8 Å². The summed E-state index contributed by atoms with van der Waals surface area (Å²) in [5.74, 6) is 0.573. The third kappa shape index (κ3) is 3.25. The van der Waals surface area contributed by atoms with Crippen molar-refractivity contribution in [1.82, 2.24) is 9.38 Å². The fourth-order valence-corrected chi connectivity index (χ4v) is 3.69. The number of fused-ring (bicyclic) bond motifs is 2. The Morgan fingerprint density at radius 3 is 2.48 bits per heavy atom. The first-order valence-electron chi connectivity index (χ1n) is 9.58. The lowest BCUT2D eigenvalue weighted by molar-refractivity contribution is 0.102. The second-order valence-electron chi connectivity index (χ2n) is 6.98. The molecule has 0 spiro atoms. The summed E-state index contributed by atoms with van der Waals surface area (Å²) in [6.07, 6.45) is 2.57. The predicted molar refractivity (Wildman–Crippen MR) is 116 cm³/mol. The average molecular weight is 377 g/mol. The molecule has 3 aromatic carbocycles. The van der Waals surface area contributed by atoms with Crippen LogP contribution in [0.2, 0.25) is 0 Å². The van der Waals surface area contributed by atoms with Crippen LogP contribution in [0.15, 0.2) is 97.2 Å². The zero-order valence-electron chi connectivity index (χ0n) is 15.7. The molecule has 2 aromatic heterocycles. The summed E-state index contributed by atoms with van der Waals surface area (Å²) in [5, 5.41) is 5.10. The van der Waals surface area contributed by atoms with Crippen LogP contribution in [0.3, 0.4) is 0 Å². The molecule has 2 heterocycles. The van der Waals surface area contributed by atoms with Crippen LogP contribution in [0.1, 0.15) is 21.6 Å². The van der Waals surface area contributed by atoms with Crippen molar-refractivity contribution in [2.45, 2.75) is 6.42 Å². The lowest BCUT2D eigenvalue weighted by Gasteiger charge is -2.10. The first-order valence-corrected chi connectivity index (χ1v) is 9.58. The van der Waals surface area contributed by atoms with Gasteiger partial charge < -0.3 is 5.32 Å². The number of benzene rings is 3. The summed E-state index contributed by atoms with van der Waals surface area (Å²) in [5.41, 5.74) is 3.46. The van der Waals surface area contributed by atoms with E-state index in [1.807, 2.05) is 89.5 Å². The van der Waals surface area contributed by atoms with E-state index < -0.39 is 0 Å². The van der Waals surface area contributed by atoms with Crippen molar-refractivity contribution in [1.29, 1.82) is 0 Å². The van der Waals surface area contributed by atoms with Gasteiger partial charge in [-0.15, -0.1) is 0 Å². The maximum atomic E-state index is 13.2. The number of nitrogens with one attached hydrogen (secondary N) is 1. The molecule has 5 aromatic rings. The van der Waals surface area contributed by atoms with E-state index in [-0.39, 0.29) is 5.91 Å². The number of carbonyl (C=O) groups is 1. The number of amides is 1. The van der Waals surface area contributed by atoms with Crippen LogP contribution in [0, 0.1) is 0 Å². The van der Waals surface area contributed by atoms with Gasteiger partial charge in [0.05, 0.1) is 5.69 Å². The van der Waals surface area contributed by atoms with Crippen molar-refractivity contribution in [2.75, 3.05) is 5.32 Å². The molecule has 0 bridgehead atoms. The summed E-state index contributed by atoms with van der Waals surface area (Å²) in [7, 11) is 0. The first-order chi connectivity index (χ1) is 14.3. The van der Waals surface area contributed by atoms with Gasteiger partial charge in [0.15, 0.2) is 0 Å². The van der Waals surface area contributed by atoms with Crippen LogP contribution in [-0.2, 0) is 6.42 Å². The normalized spacial score (nSPS) is 11.0. The van der Waals surface area contributed by atoms with Crippen LogP contribution in [0.5, 0.6) is 0 Å². The minimum absolute atomic E-state index is 0.137. The predicted octanol–water partition coefficient (Wildman–Crippen LogP) is 5.33. The zero-order valence-corrected chi connectivity index (χ0v) is 15.7. The van der Waals surface area contributed by atoms with Gasteiger partial charge in [0, 0.05) is 18.2 Å². The minimum Gasteiger partial charge on any atom is -0.306 e. The molecule has 0 fully saturated rings. The average Bonchev–Trinajstić information content (AvgIpc) is 3.11. The third-order valence-corrected chi connectivity index (χ3v) is 5.08. The van der Waals surface area contributed by atoms with Gasteiger partial charge in [-0.05, 0) is 34.5 Å². The molecule has 0 aliphatic carbocycles. The molecule has 0 saturated carbocycles. The summed E-state index contributed by atoms with van der Waals surface area (Å²) in [6.45, 7) is 0. The smallest absolute Gasteiger partial charge is 0.257 e. The molecular formula is C25H19N3O. The quantitative estimate of drug-likeness (QED) is 0.460. The second kappa shape index (κ2) is 7.24. The fraction of sp³-hybridized carbons (Fsp3) is 0.0400. The molecule has 0 atom stereocenters. The molecule has 0 radical (unpaired) electrons. The third-order valence-electron chi connectivity index (χ3n) is 5.08. The Kier molecular flexibility index (Phi) is 4.30. The number of carbonyl (C=O) groups excluding carboxylic acids is 1. The number of pyridine rings is 1. The van der Waals surface area contributed by atoms with Crippen LogP contribution < -0.4 is 5.32 Å². The summed E-state index contributed by atoms with van der Waals surface area (Å²) < 4.78 is 1.93. The van der Waals surface area contributed by atoms with Crippen molar-refractivity contribution >= 4 is 28.1 Å². The Labute approximate surface area is 168 Å². The molecule has 29 heavy (non-hydrogen) atoms. The molecule has 0 saturated heterocycles. The fourth-order valence-electron chi connectivity index (χ4n) is 3.69. The summed E-state index contributed by atoms with van der Waals surface area (Å²) >= 11 is 0. The SMILES string of the molecule is O=C(Nc1c(Cc2ccccc2)nc2ccccn12)c1cccc2ccccc12. The molecule has 0 unspecified atom stereocenters. The van der Waals surface area contributed by atoms with E-state index >= 15 is 0 Å². The maximum absolute atomic E-state index is 13.2. The Hall–Kier alpha value is -3.92. The van der Waals surface area contributed by atoms with Crippen molar-refractivity contribution in [3.63, 3.8) is 0 Å². The van der Waals surface area contributed by atoms with Gasteiger partial charge in [0.1, 0.15) is 11.5 Å². The van der Waals surface area contributed by atoms with E-state index in [1.165, 1.54) is 0 Å². The zero-order chi connectivity index (χ0) is 19.6. The van der Waals surface area contributed by atoms with Crippen LogP contribution in [0.25, 0.3) is 16.4 Å². The molecule has 0 aliphatic rings. The number of nitrogens with zero attached hydrogens (tertiary/aromatic N) is 2. The molecule has 1 N–H and O–H groups in total. The van der Waals surface area contributed by atoms with Crippen LogP contribution >= 0.6 is 0 Å². The van der Waals surface area contributed by atoms with Crippen LogP contribution in [0.4, 0.5) is 5.82 Å². The van der Waals surface area contributed by atoms with E-state index in [2.05, 4.69) is 17.4 Å². The van der Waals surface area contributed by atoms with Crippen LogP contribution in [-0.4, -0.2) is 15.3 Å². The largest absolute Gasteiger partial charge is 0.306 e. The van der Waals surface area contributed by atoms with E-state index in [1.54, 1.807) is 0 Å². The number of anilines is 1. The van der Waals surface area contributed by atoms with Gasteiger partial charge in [0.2, 0.25) is 0 Å². The molecule has 4 nitrogen and oxygen atoms in total. The Balaban J connectivity index is 1.57. The van der Waals surface area contributed by atoms with Gasteiger partial charge in [-0.1, -0.05) is 72.8 Å². The number of rotatable bonds is 4. The monoisotopic (exact) mass is 377 g/mol. The number of aromatic nitrogens is 2. The second-order valence-corrected chi connectivity index (χ2v) is 6.98. The lowest BCUT2D eigenvalue weighted by atomic mass is 10.0. The minimum atomic E-state index is -0.137. The van der Waals surface area contributed by atoms with Gasteiger partial charge in [0.25, 0.3) is 5.91 Å². The van der Waals surface area contributed by atoms with E-state index in [9.17, 15) is 4.79 Å². The molecule has 0 aliphatic heterocycles. The van der Waals surface area contributed by atoms with Crippen molar-refractivity contribution < 1.29 is 4.79 Å². The highest BCUT2D eigenvalue weighted by Gasteiger charge is 2.17. The molecule has 140 valence electrons. The molecule has 4 heteroatoms. The topological polar surface area (TPSA) is 46.4 Å². The molecule has 5 rings (SSSR count). The highest BCUT2D eigenvalue weighted by atomic mass is 16.1. The van der Waals surface area contributed by atoms with E-state index in [4.69, 9.17) is 4.98 Å². The number of imidazole rings is 1. The summed E-state index contributed by atoms with van der Waals surface area (Å²) in [6, 6.07) is 29.7. The van der Waals surface area contributed by atoms with Gasteiger partial charge in [-0.2, -0.15) is 0 Å². The molecular weight excluding hydrogens is 358 g/mol. The Morgan fingerprint density at radius 1 is 0.828 bits per heavy atom. The standard InChI is InChI=1S/C25H19N3O/c29-25(21-14-8-12-19-11-4-5-13-20(19)21)27-24-22(17-18-9-2-1-3-10-18)26-23-15-6-7-16-28(23)24/h1-16H,17H2,(H,27,29). The summed E-state index contributed by atoms with van der Waals surface area (Å²) in [4.78, 5) is 18.0. The maximum Gasteiger partial charge on any atom is 0.257 e. The highest BCUT2D eigenvalue weighted by Crippen LogP contribution is 2.24. The van der Waals surface area contributed by atoms with Crippen molar-refractivity contribution in [3.05, 3.63) is 114 Å². The van der Waals surface area contributed by atoms with Gasteiger partial charge >= 0.3 is 0 Å². The van der Waals surface area contributed by atoms with Gasteiger partial charge in [-0.3, -0.25) is 9.20 Å². The van der Waals surface area contributed by atoms with Gasteiger partial charge in [-0.25, -0.2) is 4.98 Å². The Morgan fingerprint density at radius 2 is 1.59 bits per heavy atom. The number of hydrogen-bond acceptors (Lipinski definition) is 2. The lowest BCUT2D eigenvalue weighted by Crippen LogP contribution is -2.15. The van der Waals surface area contributed by atoms with Crippen molar-refractivity contribution in [2.24, 2.45) is 0 Å². The first kappa shape index (κ1) is 17.2. The molecule has 1 amide bonds. The highest BCUT2D eigenvalue weighted by molar-refractivity contribution is 6.13. The number of hydrogen-bond donors (Lipinski definition) is 1.